The normalized spacial score (nSPS) is 21.7. The highest BCUT2D eigenvalue weighted by molar-refractivity contribution is 8.00. The first-order valence-electron chi connectivity index (χ1n) is 5.93. The minimum absolute atomic E-state index is 0.194. The predicted molar refractivity (Wildman–Crippen MR) is 73.4 cm³/mol. The van der Waals surface area contributed by atoms with E-state index < -0.39 is 0 Å². The highest BCUT2D eigenvalue weighted by Gasteiger charge is 2.25. The Hall–Kier alpha value is -0.250. The molecular formula is C13H17ClFNS. The summed E-state index contributed by atoms with van der Waals surface area (Å²) in [5, 5.41) is 4.38. The van der Waals surface area contributed by atoms with E-state index in [-0.39, 0.29) is 5.82 Å². The van der Waals surface area contributed by atoms with Crippen LogP contribution in [0, 0.1) is 5.82 Å². The largest absolute Gasteiger partial charge is 0.316 e. The summed E-state index contributed by atoms with van der Waals surface area (Å²) in [7, 11) is 1.96. The lowest BCUT2D eigenvalue weighted by molar-refractivity contribution is 0.508. The lowest BCUT2D eigenvalue weighted by Gasteiger charge is -2.22. The van der Waals surface area contributed by atoms with Gasteiger partial charge in [-0.05, 0) is 49.8 Å². The molecule has 1 aliphatic rings. The second-order valence-corrected chi connectivity index (χ2v) is 6.17. The maximum Gasteiger partial charge on any atom is 0.127 e. The van der Waals surface area contributed by atoms with Crippen LogP contribution in [0.1, 0.15) is 18.4 Å². The maximum absolute atomic E-state index is 13.7. The molecule has 2 rings (SSSR count). The molecule has 1 aromatic rings. The van der Waals surface area contributed by atoms with Crippen molar-refractivity contribution in [3.8, 4) is 0 Å². The molecule has 1 N–H and O–H groups in total. The van der Waals surface area contributed by atoms with Gasteiger partial charge in [0.15, 0.2) is 0 Å². The molecule has 94 valence electrons. The minimum Gasteiger partial charge on any atom is -0.316 e. The number of halogens is 2. The fourth-order valence-corrected chi connectivity index (χ4v) is 3.86. The van der Waals surface area contributed by atoms with Gasteiger partial charge in [-0.25, -0.2) is 4.39 Å². The third-order valence-electron chi connectivity index (χ3n) is 3.24. The standard InChI is InChI=1S/C13H17ClFNS/c1-16-12(13-3-2-6-17-13)7-9-4-5-10(14)8-11(9)15/h4-5,8,12-13,16H,2-3,6-7H2,1H3. The fraction of sp³-hybridized carbons (Fsp3) is 0.538. The van der Waals surface area contributed by atoms with Crippen molar-refractivity contribution in [2.45, 2.75) is 30.6 Å². The molecule has 4 heteroatoms. The summed E-state index contributed by atoms with van der Waals surface area (Å²) >= 11 is 7.75. The number of benzene rings is 1. The highest BCUT2D eigenvalue weighted by Crippen LogP contribution is 2.30. The van der Waals surface area contributed by atoms with Crippen LogP contribution in [0.15, 0.2) is 18.2 Å². The molecule has 1 saturated heterocycles. The van der Waals surface area contributed by atoms with Crippen molar-refractivity contribution in [2.75, 3.05) is 12.8 Å². The number of rotatable bonds is 4. The summed E-state index contributed by atoms with van der Waals surface area (Å²) in [5.41, 5.74) is 0.751. The van der Waals surface area contributed by atoms with Crippen LogP contribution < -0.4 is 5.32 Å². The molecule has 0 radical (unpaired) electrons. The molecule has 0 amide bonds. The van der Waals surface area contributed by atoms with Gasteiger partial charge >= 0.3 is 0 Å². The predicted octanol–water partition coefficient (Wildman–Crippen LogP) is 3.51. The monoisotopic (exact) mass is 273 g/mol. The molecule has 1 aromatic carbocycles. The zero-order chi connectivity index (χ0) is 12.3. The van der Waals surface area contributed by atoms with E-state index in [0.29, 0.717) is 16.3 Å². The Kier molecular flexibility index (Phi) is 4.71. The van der Waals surface area contributed by atoms with Crippen LogP contribution in [0.25, 0.3) is 0 Å². The molecule has 1 heterocycles. The van der Waals surface area contributed by atoms with Crippen LogP contribution in [-0.2, 0) is 6.42 Å². The van der Waals surface area contributed by atoms with Gasteiger partial charge in [0.1, 0.15) is 5.82 Å². The van der Waals surface area contributed by atoms with Crippen LogP contribution in [0.3, 0.4) is 0 Å². The summed E-state index contributed by atoms with van der Waals surface area (Å²) in [6.07, 6.45) is 3.24. The number of thioether (sulfide) groups is 1. The van der Waals surface area contributed by atoms with Crippen LogP contribution in [0.4, 0.5) is 4.39 Å². The first-order valence-corrected chi connectivity index (χ1v) is 7.36. The fourth-order valence-electron chi connectivity index (χ4n) is 2.26. The van der Waals surface area contributed by atoms with E-state index in [1.54, 1.807) is 12.1 Å². The molecule has 2 unspecified atom stereocenters. The van der Waals surface area contributed by atoms with Gasteiger partial charge < -0.3 is 5.32 Å². The average Bonchev–Trinajstić information content (AvgIpc) is 2.81. The first kappa shape index (κ1) is 13.2. The average molecular weight is 274 g/mol. The van der Waals surface area contributed by atoms with E-state index in [1.807, 2.05) is 18.8 Å². The second kappa shape index (κ2) is 6.07. The highest BCUT2D eigenvalue weighted by atomic mass is 35.5. The molecule has 1 aliphatic heterocycles. The third kappa shape index (κ3) is 3.36. The van der Waals surface area contributed by atoms with Gasteiger partial charge in [0.2, 0.25) is 0 Å². The van der Waals surface area contributed by atoms with E-state index in [9.17, 15) is 4.39 Å². The van der Waals surface area contributed by atoms with Gasteiger partial charge in [-0.15, -0.1) is 0 Å². The summed E-state index contributed by atoms with van der Waals surface area (Å²) in [6, 6.07) is 5.29. The van der Waals surface area contributed by atoms with Crippen LogP contribution >= 0.6 is 23.4 Å². The summed E-state index contributed by atoms with van der Waals surface area (Å²) < 4.78 is 13.7. The minimum atomic E-state index is -0.194. The second-order valence-electron chi connectivity index (χ2n) is 4.39. The SMILES string of the molecule is CNC(Cc1ccc(Cl)cc1F)C1CCCS1. The van der Waals surface area contributed by atoms with Gasteiger partial charge in [-0.2, -0.15) is 11.8 Å². The Labute approximate surface area is 111 Å². The van der Waals surface area contributed by atoms with Crippen LogP contribution in [-0.4, -0.2) is 24.1 Å². The number of hydrogen-bond acceptors (Lipinski definition) is 2. The molecule has 0 spiro atoms. The van der Waals surface area contributed by atoms with E-state index in [1.165, 1.54) is 24.7 Å². The Morgan fingerprint density at radius 2 is 2.41 bits per heavy atom. The van der Waals surface area contributed by atoms with Crippen LogP contribution in [0.2, 0.25) is 5.02 Å². The van der Waals surface area contributed by atoms with Crippen molar-refractivity contribution in [1.29, 1.82) is 0 Å². The van der Waals surface area contributed by atoms with Gasteiger partial charge in [-0.3, -0.25) is 0 Å². The van der Waals surface area contributed by atoms with E-state index >= 15 is 0 Å². The van der Waals surface area contributed by atoms with Gasteiger partial charge in [0.25, 0.3) is 0 Å². The van der Waals surface area contributed by atoms with Crippen molar-refractivity contribution < 1.29 is 4.39 Å². The van der Waals surface area contributed by atoms with E-state index in [2.05, 4.69) is 5.32 Å². The van der Waals surface area contributed by atoms with Crippen molar-refractivity contribution in [2.24, 2.45) is 0 Å². The zero-order valence-corrected chi connectivity index (χ0v) is 11.5. The zero-order valence-electron chi connectivity index (χ0n) is 9.88. The summed E-state index contributed by atoms with van der Waals surface area (Å²) in [6.45, 7) is 0. The van der Waals surface area contributed by atoms with Crippen molar-refractivity contribution in [3.63, 3.8) is 0 Å². The molecule has 1 fully saturated rings. The Bertz CT molecular complexity index is 380. The van der Waals surface area contributed by atoms with Crippen molar-refractivity contribution >= 4 is 23.4 Å². The topological polar surface area (TPSA) is 12.0 Å². The molecular weight excluding hydrogens is 257 g/mol. The van der Waals surface area contributed by atoms with E-state index in [4.69, 9.17) is 11.6 Å². The Morgan fingerprint density at radius 1 is 1.59 bits per heavy atom. The molecule has 0 saturated carbocycles. The molecule has 0 bridgehead atoms. The van der Waals surface area contributed by atoms with Crippen molar-refractivity contribution in [1.82, 2.24) is 5.32 Å². The lowest BCUT2D eigenvalue weighted by Crippen LogP contribution is -2.36. The van der Waals surface area contributed by atoms with Gasteiger partial charge in [-0.1, -0.05) is 17.7 Å². The maximum atomic E-state index is 13.7. The van der Waals surface area contributed by atoms with Gasteiger partial charge in [0, 0.05) is 16.3 Å². The van der Waals surface area contributed by atoms with Gasteiger partial charge in [0.05, 0.1) is 0 Å². The molecule has 2 atom stereocenters. The molecule has 17 heavy (non-hydrogen) atoms. The van der Waals surface area contributed by atoms with Crippen LogP contribution in [0.5, 0.6) is 0 Å². The molecule has 0 aromatic heterocycles. The van der Waals surface area contributed by atoms with E-state index in [0.717, 1.165) is 12.0 Å². The number of hydrogen-bond donors (Lipinski definition) is 1. The first-order chi connectivity index (χ1) is 8.20. The summed E-state index contributed by atoms with van der Waals surface area (Å²) in [4.78, 5) is 0. The quantitative estimate of drug-likeness (QED) is 0.901. The lowest BCUT2D eigenvalue weighted by atomic mass is 10.0. The Morgan fingerprint density at radius 3 is 3.00 bits per heavy atom. The molecule has 0 aliphatic carbocycles. The molecule has 1 nitrogen and oxygen atoms in total. The third-order valence-corrected chi connectivity index (χ3v) is 4.99. The number of likely N-dealkylation sites (N-methyl/N-ethyl adjacent to an activating group) is 1. The number of nitrogens with one attached hydrogen (secondary N) is 1. The summed E-state index contributed by atoms with van der Waals surface area (Å²) in [5.74, 6) is 1.03. The Balaban J connectivity index is 2.06. The van der Waals surface area contributed by atoms with Crippen molar-refractivity contribution in [3.05, 3.63) is 34.6 Å². The smallest absolute Gasteiger partial charge is 0.127 e.